The minimum absolute atomic E-state index is 0.313. The maximum Gasteiger partial charge on any atom is 0.233 e. The van der Waals surface area contributed by atoms with E-state index in [1.165, 1.54) is 12.1 Å². The van der Waals surface area contributed by atoms with Crippen LogP contribution in [-0.4, -0.2) is 28.0 Å². The molecule has 0 spiro atoms. The van der Waals surface area contributed by atoms with Crippen LogP contribution < -0.4 is 15.5 Å². The summed E-state index contributed by atoms with van der Waals surface area (Å²) in [6.45, 7) is 3.88. The Balaban J connectivity index is 1.66. The molecule has 2 heterocycles. The zero-order valence-corrected chi connectivity index (χ0v) is 15.1. The molecule has 6 nitrogen and oxygen atoms in total. The summed E-state index contributed by atoms with van der Waals surface area (Å²) in [5.74, 6) is 1.15. The third-order valence-electron chi connectivity index (χ3n) is 4.37. The Morgan fingerprint density at radius 3 is 2.11 bits per heavy atom. The quantitative estimate of drug-likeness (QED) is 0.699. The van der Waals surface area contributed by atoms with Crippen molar-refractivity contribution in [3.8, 4) is 0 Å². The number of hydrogen-bond donors (Lipinski definition) is 2. The predicted octanol–water partition coefficient (Wildman–Crippen LogP) is 4.41. The zero-order chi connectivity index (χ0) is 18.6. The van der Waals surface area contributed by atoms with Crippen molar-refractivity contribution >= 4 is 29.2 Å². The van der Waals surface area contributed by atoms with E-state index in [0.717, 1.165) is 37.2 Å². The largest absolute Gasteiger partial charge is 0.341 e. The molecule has 1 saturated heterocycles. The molecule has 0 saturated carbocycles. The van der Waals surface area contributed by atoms with Crippen LogP contribution in [0.1, 0.15) is 18.4 Å². The Bertz CT molecular complexity index is 874. The summed E-state index contributed by atoms with van der Waals surface area (Å²) in [5, 5.41) is 6.32. The van der Waals surface area contributed by atoms with Crippen molar-refractivity contribution in [1.82, 2.24) is 15.0 Å². The number of hydrogen-bond acceptors (Lipinski definition) is 6. The van der Waals surface area contributed by atoms with E-state index in [0.29, 0.717) is 23.5 Å². The molecular formula is C20H21FN6. The van der Waals surface area contributed by atoms with Gasteiger partial charge in [0.15, 0.2) is 0 Å². The highest BCUT2D eigenvalue weighted by Crippen LogP contribution is 2.23. The lowest BCUT2D eigenvalue weighted by Crippen LogP contribution is -2.21. The van der Waals surface area contributed by atoms with Gasteiger partial charge in [-0.3, -0.25) is 0 Å². The number of nitrogens with zero attached hydrogens (tertiary/aromatic N) is 4. The van der Waals surface area contributed by atoms with E-state index in [-0.39, 0.29) is 5.82 Å². The standard InChI is InChI=1S/C20H21FN6/c1-14-6-4-8-16(12-14)22-18-24-19(23-17-9-5-7-15(21)13-17)26-20(25-18)27-10-2-3-11-27/h4-9,12-13H,2-3,10-11H2,1H3,(H2,22,23,24,25,26). The Kier molecular flexibility index (Phi) is 4.82. The second-order valence-electron chi connectivity index (χ2n) is 6.61. The van der Waals surface area contributed by atoms with Crippen molar-refractivity contribution in [2.75, 3.05) is 28.6 Å². The first-order chi connectivity index (χ1) is 13.2. The van der Waals surface area contributed by atoms with E-state index in [1.54, 1.807) is 12.1 Å². The van der Waals surface area contributed by atoms with Gasteiger partial charge < -0.3 is 15.5 Å². The van der Waals surface area contributed by atoms with Gasteiger partial charge in [-0.15, -0.1) is 0 Å². The second-order valence-corrected chi connectivity index (χ2v) is 6.61. The number of rotatable bonds is 5. The van der Waals surface area contributed by atoms with Gasteiger partial charge in [0.2, 0.25) is 17.8 Å². The predicted molar refractivity (Wildman–Crippen MR) is 105 cm³/mol. The van der Waals surface area contributed by atoms with Gasteiger partial charge in [-0.25, -0.2) is 4.39 Å². The number of anilines is 5. The lowest BCUT2D eigenvalue weighted by Gasteiger charge is -2.17. The first-order valence-electron chi connectivity index (χ1n) is 9.03. The minimum atomic E-state index is -0.313. The van der Waals surface area contributed by atoms with E-state index in [9.17, 15) is 4.39 Å². The third-order valence-corrected chi connectivity index (χ3v) is 4.37. The van der Waals surface area contributed by atoms with Gasteiger partial charge in [0.1, 0.15) is 5.82 Å². The summed E-state index contributed by atoms with van der Waals surface area (Å²) in [6.07, 6.45) is 2.25. The zero-order valence-electron chi connectivity index (χ0n) is 15.1. The van der Waals surface area contributed by atoms with Crippen molar-refractivity contribution in [1.29, 1.82) is 0 Å². The van der Waals surface area contributed by atoms with Gasteiger partial charge in [0.05, 0.1) is 0 Å². The average Bonchev–Trinajstić information content (AvgIpc) is 3.16. The monoisotopic (exact) mass is 364 g/mol. The highest BCUT2D eigenvalue weighted by molar-refractivity contribution is 5.60. The average molecular weight is 364 g/mol. The fourth-order valence-corrected chi connectivity index (χ4v) is 3.08. The van der Waals surface area contributed by atoms with Gasteiger partial charge in [-0.05, 0) is 55.7 Å². The first-order valence-corrected chi connectivity index (χ1v) is 9.03. The lowest BCUT2D eigenvalue weighted by molar-refractivity contribution is 0.628. The SMILES string of the molecule is Cc1cccc(Nc2nc(Nc3cccc(F)c3)nc(N3CCCC3)n2)c1. The van der Waals surface area contributed by atoms with Crippen LogP contribution in [0.4, 0.5) is 33.6 Å². The Morgan fingerprint density at radius 1 is 0.852 bits per heavy atom. The Labute approximate surface area is 157 Å². The molecule has 2 N–H and O–H groups in total. The van der Waals surface area contributed by atoms with E-state index in [4.69, 9.17) is 0 Å². The summed E-state index contributed by atoms with van der Waals surface area (Å²) in [6, 6.07) is 14.2. The highest BCUT2D eigenvalue weighted by Gasteiger charge is 2.17. The molecule has 1 aliphatic rings. The molecule has 1 fully saturated rings. The molecule has 0 aliphatic carbocycles. The molecule has 1 aliphatic heterocycles. The van der Waals surface area contributed by atoms with Gasteiger partial charge in [0.25, 0.3) is 0 Å². The molecule has 7 heteroatoms. The van der Waals surface area contributed by atoms with Crippen LogP contribution in [0.25, 0.3) is 0 Å². The summed E-state index contributed by atoms with van der Waals surface area (Å²) in [4.78, 5) is 15.7. The summed E-state index contributed by atoms with van der Waals surface area (Å²) in [5.41, 5.74) is 2.65. The maximum atomic E-state index is 13.5. The van der Waals surface area contributed by atoms with E-state index >= 15 is 0 Å². The molecule has 27 heavy (non-hydrogen) atoms. The molecule has 3 aromatic rings. The van der Waals surface area contributed by atoms with Crippen LogP contribution in [0, 0.1) is 12.7 Å². The molecule has 138 valence electrons. The molecule has 4 rings (SSSR count). The number of benzene rings is 2. The number of halogens is 1. The van der Waals surface area contributed by atoms with E-state index in [2.05, 4.69) is 30.5 Å². The highest BCUT2D eigenvalue weighted by atomic mass is 19.1. The lowest BCUT2D eigenvalue weighted by atomic mass is 10.2. The van der Waals surface area contributed by atoms with Crippen molar-refractivity contribution in [2.45, 2.75) is 19.8 Å². The number of aromatic nitrogens is 3. The number of nitrogens with one attached hydrogen (secondary N) is 2. The van der Waals surface area contributed by atoms with Gasteiger partial charge in [-0.2, -0.15) is 15.0 Å². The Hall–Kier alpha value is -3.22. The van der Waals surface area contributed by atoms with Crippen molar-refractivity contribution in [3.63, 3.8) is 0 Å². The van der Waals surface area contributed by atoms with Crippen LogP contribution in [0.5, 0.6) is 0 Å². The molecule has 0 bridgehead atoms. The molecule has 1 aromatic heterocycles. The van der Waals surface area contributed by atoms with Gasteiger partial charge in [0, 0.05) is 24.5 Å². The maximum absolute atomic E-state index is 13.5. The summed E-state index contributed by atoms with van der Waals surface area (Å²) in [7, 11) is 0. The van der Waals surface area contributed by atoms with Gasteiger partial charge >= 0.3 is 0 Å². The molecule has 0 amide bonds. The van der Waals surface area contributed by atoms with Crippen LogP contribution in [0.15, 0.2) is 48.5 Å². The van der Waals surface area contributed by atoms with Crippen molar-refractivity contribution in [3.05, 3.63) is 59.9 Å². The molecule has 2 aromatic carbocycles. The van der Waals surface area contributed by atoms with Crippen LogP contribution in [-0.2, 0) is 0 Å². The fraction of sp³-hybridized carbons (Fsp3) is 0.250. The smallest absolute Gasteiger partial charge is 0.233 e. The van der Waals surface area contributed by atoms with Crippen LogP contribution >= 0.6 is 0 Å². The number of aryl methyl sites for hydroxylation is 1. The van der Waals surface area contributed by atoms with E-state index in [1.807, 2.05) is 31.2 Å². The van der Waals surface area contributed by atoms with E-state index < -0.39 is 0 Å². The Morgan fingerprint density at radius 2 is 1.48 bits per heavy atom. The first kappa shape index (κ1) is 17.2. The van der Waals surface area contributed by atoms with Crippen molar-refractivity contribution in [2.24, 2.45) is 0 Å². The summed E-state index contributed by atoms with van der Waals surface area (Å²) < 4.78 is 13.5. The summed E-state index contributed by atoms with van der Waals surface area (Å²) >= 11 is 0. The van der Waals surface area contributed by atoms with Crippen molar-refractivity contribution < 1.29 is 4.39 Å². The molecule has 0 atom stereocenters. The fourth-order valence-electron chi connectivity index (χ4n) is 3.08. The second kappa shape index (κ2) is 7.57. The minimum Gasteiger partial charge on any atom is -0.341 e. The third kappa shape index (κ3) is 4.31. The molecular weight excluding hydrogens is 343 g/mol. The topological polar surface area (TPSA) is 66.0 Å². The molecule has 0 unspecified atom stereocenters. The van der Waals surface area contributed by atoms with Gasteiger partial charge in [-0.1, -0.05) is 18.2 Å². The normalized spacial score (nSPS) is 13.6. The van der Waals surface area contributed by atoms with Crippen LogP contribution in [0.2, 0.25) is 0 Å². The molecule has 0 radical (unpaired) electrons. The van der Waals surface area contributed by atoms with Crippen LogP contribution in [0.3, 0.4) is 0 Å².